The molecule has 0 saturated heterocycles. The highest BCUT2D eigenvalue weighted by Crippen LogP contribution is 2.33. The molecular formula is C18H30N2. The molecule has 0 heterocycles. The van der Waals surface area contributed by atoms with Crippen LogP contribution >= 0.6 is 0 Å². The van der Waals surface area contributed by atoms with Crippen LogP contribution in [0.4, 0.5) is 5.69 Å². The first-order valence-corrected chi connectivity index (χ1v) is 8.18. The number of hydrogen-bond donors (Lipinski definition) is 1. The number of benzene rings is 1. The Labute approximate surface area is 124 Å². The Morgan fingerprint density at radius 3 is 2.60 bits per heavy atom. The average molecular weight is 274 g/mol. The van der Waals surface area contributed by atoms with Gasteiger partial charge in [-0.05, 0) is 61.9 Å². The van der Waals surface area contributed by atoms with Gasteiger partial charge in [-0.1, -0.05) is 26.8 Å². The number of aryl methyl sites for hydroxylation is 1. The SMILES string of the molecule is CCCNCc1ccc(N(CC(C)C)C2CC2)cc1C. The highest BCUT2D eigenvalue weighted by atomic mass is 15.2. The second-order valence-electron chi connectivity index (χ2n) is 6.56. The van der Waals surface area contributed by atoms with Gasteiger partial charge in [-0.25, -0.2) is 0 Å². The third kappa shape index (κ3) is 4.24. The third-order valence-electron chi connectivity index (χ3n) is 3.95. The van der Waals surface area contributed by atoms with Gasteiger partial charge in [0, 0.05) is 24.8 Å². The van der Waals surface area contributed by atoms with Crippen LogP contribution in [0, 0.1) is 12.8 Å². The van der Waals surface area contributed by atoms with Crippen molar-refractivity contribution in [1.29, 1.82) is 0 Å². The van der Waals surface area contributed by atoms with E-state index >= 15 is 0 Å². The zero-order chi connectivity index (χ0) is 14.5. The van der Waals surface area contributed by atoms with Crippen LogP contribution in [0.3, 0.4) is 0 Å². The second kappa shape index (κ2) is 7.12. The molecule has 1 aliphatic carbocycles. The number of anilines is 1. The Morgan fingerprint density at radius 2 is 2.05 bits per heavy atom. The Kier molecular flexibility index (Phi) is 5.47. The van der Waals surface area contributed by atoms with Crippen molar-refractivity contribution in [3.05, 3.63) is 29.3 Å². The zero-order valence-corrected chi connectivity index (χ0v) is 13.6. The first-order chi connectivity index (χ1) is 9.61. The van der Waals surface area contributed by atoms with Crippen LogP contribution in [-0.2, 0) is 6.54 Å². The molecule has 2 rings (SSSR count). The second-order valence-corrected chi connectivity index (χ2v) is 6.56. The van der Waals surface area contributed by atoms with E-state index in [9.17, 15) is 0 Å². The number of nitrogens with zero attached hydrogens (tertiary/aromatic N) is 1. The molecule has 1 saturated carbocycles. The fourth-order valence-corrected chi connectivity index (χ4v) is 2.70. The molecule has 1 N–H and O–H groups in total. The number of rotatable bonds is 8. The summed E-state index contributed by atoms with van der Waals surface area (Å²) in [4.78, 5) is 2.61. The summed E-state index contributed by atoms with van der Waals surface area (Å²) in [7, 11) is 0. The minimum Gasteiger partial charge on any atom is -0.368 e. The first kappa shape index (κ1) is 15.4. The quantitative estimate of drug-likeness (QED) is 0.717. The molecule has 20 heavy (non-hydrogen) atoms. The van der Waals surface area contributed by atoms with E-state index in [0.29, 0.717) is 0 Å². The zero-order valence-electron chi connectivity index (χ0n) is 13.6. The van der Waals surface area contributed by atoms with Crippen LogP contribution < -0.4 is 10.2 Å². The average Bonchev–Trinajstić information content (AvgIpc) is 3.22. The van der Waals surface area contributed by atoms with Crippen LogP contribution in [0.15, 0.2) is 18.2 Å². The Morgan fingerprint density at radius 1 is 1.30 bits per heavy atom. The molecule has 0 aromatic heterocycles. The molecule has 0 radical (unpaired) electrons. The molecule has 0 unspecified atom stereocenters. The summed E-state index contributed by atoms with van der Waals surface area (Å²) >= 11 is 0. The first-order valence-electron chi connectivity index (χ1n) is 8.18. The van der Waals surface area contributed by atoms with Gasteiger partial charge in [0.25, 0.3) is 0 Å². The summed E-state index contributed by atoms with van der Waals surface area (Å²) < 4.78 is 0. The van der Waals surface area contributed by atoms with Crippen molar-refractivity contribution in [2.24, 2.45) is 5.92 Å². The highest BCUT2D eigenvalue weighted by molar-refractivity contribution is 5.52. The standard InChI is InChI=1S/C18H30N2/c1-5-10-19-12-16-6-7-18(11-15(16)4)20(13-14(2)3)17-8-9-17/h6-7,11,14,17,19H,5,8-10,12-13H2,1-4H3. The maximum atomic E-state index is 3.49. The molecule has 0 aliphatic heterocycles. The number of hydrogen-bond acceptors (Lipinski definition) is 2. The third-order valence-corrected chi connectivity index (χ3v) is 3.95. The molecule has 0 spiro atoms. The van der Waals surface area contributed by atoms with E-state index in [4.69, 9.17) is 0 Å². The van der Waals surface area contributed by atoms with Crippen molar-refractivity contribution in [3.8, 4) is 0 Å². The van der Waals surface area contributed by atoms with Crippen molar-refractivity contribution in [3.63, 3.8) is 0 Å². The van der Waals surface area contributed by atoms with Gasteiger partial charge in [-0.15, -0.1) is 0 Å². The lowest BCUT2D eigenvalue weighted by Crippen LogP contribution is -2.29. The molecule has 0 bridgehead atoms. The Hall–Kier alpha value is -1.02. The molecule has 1 aromatic rings. The normalized spacial score (nSPS) is 14.8. The van der Waals surface area contributed by atoms with Gasteiger partial charge in [0.1, 0.15) is 0 Å². The van der Waals surface area contributed by atoms with E-state index < -0.39 is 0 Å². The van der Waals surface area contributed by atoms with E-state index in [0.717, 1.165) is 25.0 Å². The van der Waals surface area contributed by atoms with Gasteiger partial charge in [0.15, 0.2) is 0 Å². The van der Waals surface area contributed by atoms with Crippen LogP contribution in [0.5, 0.6) is 0 Å². The highest BCUT2D eigenvalue weighted by Gasteiger charge is 2.29. The molecule has 2 heteroatoms. The van der Waals surface area contributed by atoms with Gasteiger partial charge >= 0.3 is 0 Å². The van der Waals surface area contributed by atoms with Gasteiger partial charge < -0.3 is 10.2 Å². The van der Waals surface area contributed by atoms with Crippen molar-refractivity contribution in [2.45, 2.75) is 59.5 Å². The van der Waals surface area contributed by atoms with Crippen LogP contribution in [0.25, 0.3) is 0 Å². The summed E-state index contributed by atoms with van der Waals surface area (Å²) in [5, 5.41) is 3.49. The predicted octanol–water partition coefficient (Wildman–Crippen LogP) is 4.12. The largest absolute Gasteiger partial charge is 0.368 e. The van der Waals surface area contributed by atoms with E-state index in [-0.39, 0.29) is 0 Å². The smallest absolute Gasteiger partial charge is 0.0371 e. The van der Waals surface area contributed by atoms with Crippen molar-refractivity contribution >= 4 is 5.69 Å². The predicted molar refractivity (Wildman–Crippen MR) is 88.4 cm³/mol. The van der Waals surface area contributed by atoms with Crippen molar-refractivity contribution < 1.29 is 0 Å². The maximum absolute atomic E-state index is 3.49. The maximum Gasteiger partial charge on any atom is 0.0371 e. The van der Waals surface area contributed by atoms with E-state index in [2.05, 4.69) is 56.1 Å². The summed E-state index contributed by atoms with van der Waals surface area (Å²) in [6.45, 7) is 12.3. The molecule has 2 nitrogen and oxygen atoms in total. The van der Waals surface area contributed by atoms with Crippen molar-refractivity contribution in [2.75, 3.05) is 18.0 Å². The van der Waals surface area contributed by atoms with Crippen LogP contribution in [0.1, 0.15) is 51.2 Å². The van der Waals surface area contributed by atoms with Gasteiger partial charge in [-0.2, -0.15) is 0 Å². The molecule has 1 fully saturated rings. The lowest BCUT2D eigenvalue weighted by Gasteiger charge is -2.27. The molecule has 0 amide bonds. The fourth-order valence-electron chi connectivity index (χ4n) is 2.70. The summed E-state index contributed by atoms with van der Waals surface area (Å²) in [5.74, 6) is 0.724. The van der Waals surface area contributed by atoms with Crippen molar-refractivity contribution in [1.82, 2.24) is 5.32 Å². The van der Waals surface area contributed by atoms with E-state index in [1.165, 1.54) is 42.6 Å². The van der Waals surface area contributed by atoms with Crippen LogP contribution in [0.2, 0.25) is 0 Å². The lowest BCUT2D eigenvalue weighted by atomic mass is 10.1. The molecular weight excluding hydrogens is 244 g/mol. The van der Waals surface area contributed by atoms with Crippen LogP contribution in [-0.4, -0.2) is 19.1 Å². The topological polar surface area (TPSA) is 15.3 Å². The van der Waals surface area contributed by atoms with Gasteiger partial charge in [0.2, 0.25) is 0 Å². The summed E-state index contributed by atoms with van der Waals surface area (Å²) in [6.07, 6.45) is 3.93. The molecule has 0 atom stereocenters. The van der Waals surface area contributed by atoms with Gasteiger partial charge in [0.05, 0.1) is 0 Å². The summed E-state index contributed by atoms with van der Waals surface area (Å²) in [5.41, 5.74) is 4.26. The van der Waals surface area contributed by atoms with Gasteiger partial charge in [-0.3, -0.25) is 0 Å². The lowest BCUT2D eigenvalue weighted by molar-refractivity contribution is 0.607. The van der Waals surface area contributed by atoms with E-state index in [1.807, 2.05) is 0 Å². The molecule has 1 aromatic carbocycles. The Balaban J connectivity index is 2.06. The summed E-state index contributed by atoms with van der Waals surface area (Å²) in [6, 6.07) is 7.80. The monoisotopic (exact) mass is 274 g/mol. The van der Waals surface area contributed by atoms with E-state index in [1.54, 1.807) is 0 Å². The number of nitrogens with one attached hydrogen (secondary N) is 1. The minimum atomic E-state index is 0.724. The molecule has 112 valence electrons. The molecule has 1 aliphatic rings. The fraction of sp³-hybridized carbons (Fsp3) is 0.667. The minimum absolute atomic E-state index is 0.724. The Bertz CT molecular complexity index is 421.